The van der Waals surface area contributed by atoms with Crippen LogP contribution < -0.4 is 11.5 Å². The summed E-state index contributed by atoms with van der Waals surface area (Å²) >= 11 is 1.52. The molecule has 0 aliphatic heterocycles. The van der Waals surface area contributed by atoms with Gasteiger partial charge in [-0.05, 0) is 36.8 Å². The zero-order valence-corrected chi connectivity index (χ0v) is 10.4. The summed E-state index contributed by atoms with van der Waals surface area (Å²) in [6, 6.07) is 8.79. The van der Waals surface area contributed by atoms with E-state index in [2.05, 4.69) is 6.92 Å². The van der Waals surface area contributed by atoms with Gasteiger partial charge in [-0.15, -0.1) is 11.3 Å². The first-order valence-electron chi connectivity index (χ1n) is 5.39. The van der Waals surface area contributed by atoms with E-state index in [9.17, 15) is 4.79 Å². The first-order valence-corrected chi connectivity index (χ1v) is 6.21. The molecule has 0 radical (unpaired) electrons. The molecule has 4 N–H and O–H groups in total. The minimum absolute atomic E-state index is 0.0197. The number of carbonyl (C=O) groups excluding carboxylic acids is 1. The monoisotopic (exact) mass is 246 g/mol. The molecule has 0 unspecified atom stereocenters. The molecule has 1 aromatic heterocycles. The maximum atomic E-state index is 12.2. The quantitative estimate of drug-likeness (QED) is 0.646. The molecule has 2 rings (SSSR count). The van der Waals surface area contributed by atoms with Crippen LogP contribution in [0.25, 0.3) is 0 Å². The van der Waals surface area contributed by atoms with E-state index in [0.717, 1.165) is 11.3 Å². The largest absolute Gasteiger partial charge is 0.399 e. The smallest absolute Gasteiger partial charge is 0.203 e. The zero-order valence-electron chi connectivity index (χ0n) is 9.57. The van der Waals surface area contributed by atoms with E-state index >= 15 is 0 Å². The second kappa shape index (κ2) is 4.59. The maximum Gasteiger partial charge on any atom is 0.203 e. The first kappa shape index (κ1) is 11.7. The van der Waals surface area contributed by atoms with Crippen LogP contribution in [0.3, 0.4) is 0 Å². The highest BCUT2D eigenvalue weighted by atomic mass is 32.1. The van der Waals surface area contributed by atoms with Crippen molar-refractivity contribution in [3.05, 3.63) is 45.6 Å². The Kier molecular flexibility index (Phi) is 3.15. The Bertz CT molecular complexity index is 540. The fourth-order valence-electron chi connectivity index (χ4n) is 1.64. The Morgan fingerprint density at radius 1 is 1.18 bits per heavy atom. The summed E-state index contributed by atoms with van der Waals surface area (Å²) in [5, 5.41) is 0. The summed E-state index contributed by atoms with van der Waals surface area (Å²) < 4.78 is 0. The fraction of sp³-hybridized carbons (Fsp3) is 0.154. The average molecular weight is 246 g/mol. The molecule has 88 valence electrons. The molecule has 2 aromatic rings. The summed E-state index contributed by atoms with van der Waals surface area (Å²) in [7, 11) is 0. The van der Waals surface area contributed by atoms with Crippen molar-refractivity contribution in [3.63, 3.8) is 0 Å². The number of anilines is 2. The van der Waals surface area contributed by atoms with Crippen molar-refractivity contribution in [2.45, 2.75) is 13.3 Å². The van der Waals surface area contributed by atoms with Crippen LogP contribution in [-0.4, -0.2) is 5.78 Å². The molecule has 0 spiro atoms. The molecule has 0 fully saturated rings. The Hall–Kier alpha value is -1.81. The van der Waals surface area contributed by atoms with E-state index < -0.39 is 0 Å². The SMILES string of the molecule is CCc1ccc(C(=O)c2cc(N)cc(N)c2)s1. The molecular weight excluding hydrogens is 232 g/mol. The van der Waals surface area contributed by atoms with Crippen molar-refractivity contribution < 1.29 is 4.79 Å². The summed E-state index contributed by atoms with van der Waals surface area (Å²) in [5.74, 6) is -0.0197. The normalized spacial score (nSPS) is 10.4. The van der Waals surface area contributed by atoms with Gasteiger partial charge >= 0.3 is 0 Å². The van der Waals surface area contributed by atoms with Crippen LogP contribution >= 0.6 is 11.3 Å². The lowest BCUT2D eigenvalue weighted by Crippen LogP contribution is -2.01. The molecule has 1 aromatic carbocycles. The molecule has 0 aliphatic carbocycles. The Morgan fingerprint density at radius 2 is 1.82 bits per heavy atom. The van der Waals surface area contributed by atoms with Gasteiger partial charge in [0.05, 0.1) is 4.88 Å². The summed E-state index contributed by atoms with van der Waals surface area (Å²) in [6.07, 6.45) is 0.941. The van der Waals surface area contributed by atoms with Gasteiger partial charge in [0, 0.05) is 21.8 Å². The van der Waals surface area contributed by atoms with Gasteiger partial charge in [0.1, 0.15) is 0 Å². The summed E-state index contributed by atoms with van der Waals surface area (Å²) in [4.78, 5) is 14.1. The molecule has 3 nitrogen and oxygen atoms in total. The van der Waals surface area contributed by atoms with Gasteiger partial charge in [-0.1, -0.05) is 6.92 Å². The van der Waals surface area contributed by atoms with Gasteiger partial charge in [-0.2, -0.15) is 0 Å². The molecule has 1 heterocycles. The number of ketones is 1. The number of nitrogen functional groups attached to an aromatic ring is 2. The highest BCUT2D eigenvalue weighted by Gasteiger charge is 2.12. The van der Waals surface area contributed by atoms with Gasteiger partial charge in [0.2, 0.25) is 5.78 Å². The average Bonchev–Trinajstić information content (AvgIpc) is 2.75. The summed E-state index contributed by atoms with van der Waals surface area (Å²) in [5.41, 5.74) is 12.9. The Balaban J connectivity index is 2.36. The van der Waals surface area contributed by atoms with E-state index in [1.54, 1.807) is 18.2 Å². The number of rotatable bonds is 3. The standard InChI is InChI=1S/C13H14N2OS/c1-2-11-3-4-12(17-11)13(16)8-5-9(14)7-10(15)6-8/h3-7H,2,14-15H2,1H3. The first-order chi connectivity index (χ1) is 8.10. The van der Waals surface area contributed by atoms with E-state index in [1.165, 1.54) is 16.2 Å². The van der Waals surface area contributed by atoms with Crippen LogP contribution in [-0.2, 0) is 6.42 Å². The topological polar surface area (TPSA) is 69.1 Å². The minimum Gasteiger partial charge on any atom is -0.399 e. The van der Waals surface area contributed by atoms with Crippen LogP contribution in [0.5, 0.6) is 0 Å². The zero-order chi connectivity index (χ0) is 12.4. The third-order valence-corrected chi connectivity index (χ3v) is 3.70. The van der Waals surface area contributed by atoms with Crippen LogP contribution in [0, 0.1) is 0 Å². The minimum atomic E-state index is -0.0197. The molecule has 0 atom stereocenters. The Labute approximate surface area is 104 Å². The van der Waals surface area contributed by atoms with Gasteiger partial charge in [0.25, 0.3) is 0 Å². The fourth-order valence-corrected chi connectivity index (χ4v) is 2.55. The maximum absolute atomic E-state index is 12.2. The number of carbonyl (C=O) groups is 1. The van der Waals surface area contributed by atoms with Crippen molar-refractivity contribution in [2.24, 2.45) is 0 Å². The van der Waals surface area contributed by atoms with Crippen molar-refractivity contribution in [2.75, 3.05) is 11.5 Å². The number of thiophene rings is 1. The van der Waals surface area contributed by atoms with Crippen molar-refractivity contribution in [1.82, 2.24) is 0 Å². The van der Waals surface area contributed by atoms with Crippen molar-refractivity contribution in [1.29, 1.82) is 0 Å². The van der Waals surface area contributed by atoms with Gasteiger partial charge < -0.3 is 11.5 Å². The lowest BCUT2D eigenvalue weighted by Gasteiger charge is -2.02. The number of aryl methyl sites for hydroxylation is 1. The molecule has 0 aliphatic rings. The molecule has 0 saturated carbocycles. The number of nitrogens with two attached hydrogens (primary N) is 2. The molecule has 17 heavy (non-hydrogen) atoms. The van der Waals surface area contributed by atoms with E-state index in [0.29, 0.717) is 16.9 Å². The third-order valence-electron chi connectivity index (χ3n) is 2.47. The molecule has 0 amide bonds. The van der Waals surface area contributed by atoms with E-state index in [4.69, 9.17) is 11.5 Å². The lowest BCUT2D eigenvalue weighted by atomic mass is 10.1. The van der Waals surface area contributed by atoms with E-state index in [1.807, 2.05) is 12.1 Å². The van der Waals surface area contributed by atoms with Crippen molar-refractivity contribution in [3.8, 4) is 0 Å². The van der Waals surface area contributed by atoms with E-state index in [-0.39, 0.29) is 5.78 Å². The third kappa shape index (κ3) is 2.47. The molecule has 0 saturated heterocycles. The molecule has 4 heteroatoms. The summed E-state index contributed by atoms with van der Waals surface area (Å²) in [6.45, 7) is 2.07. The van der Waals surface area contributed by atoms with Gasteiger partial charge in [-0.25, -0.2) is 0 Å². The predicted molar refractivity (Wildman–Crippen MR) is 72.4 cm³/mol. The second-order valence-electron chi connectivity index (χ2n) is 3.84. The van der Waals surface area contributed by atoms with Crippen LogP contribution in [0.15, 0.2) is 30.3 Å². The number of benzene rings is 1. The molecule has 0 bridgehead atoms. The number of hydrogen-bond acceptors (Lipinski definition) is 4. The Morgan fingerprint density at radius 3 is 2.35 bits per heavy atom. The number of hydrogen-bond donors (Lipinski definition) is 2. The predicted octanol–water partition coefficient (Wildman–Crippen LogP) is 2.71. The van der Waals surface area contributed by atoms with Crippen molar-refractivity contribution >= 4 is 28.5 Å². The highest BCUT2D eigenvalue weighted by molar-refractivity contribution is 7.14. The second-order valence-corrected chi connectivity index (χ2v) is 5.01. The lowest BCUT2D eigenvalue weighted by molar-refractivity contribution is 0.104. The van der Waals surface area contributed by atoms with Gasteiger partial charge in [-0.3, -0.25) is 4.79 Å². The highest BCUT2D eigenvalue weighted by Crippen LogP contribution is 2.22. The van der Waals surface area contributed by atoms with Crippen LogP contribution in [0.4, 0.5) is 11.4 Å². The van der Waals surface area contributed by atoms with Gasteiger partial charge in [0.15, 0.2) is 0 Å². The van der Waals surface area contributed by atoms with Crippen LogP contribution in [0.2, 0.25) is 0 Å². The molecular formula is C13H14N2OS. The van der Waals surface area contributed by atoms with Crippen LogP contribution in [0.1, 0.15) is 27.0 Å².